The molecule has 0 saturated carbocycles. The lowest BCUT2D eigenvalue weighted by Gasteiger charge is -2.23. The Morgan fingerprint density at radius 1 is 1.17 bits per heavy atom. The fourth-order valence-corrected chi connectivity index (χ4v) is 2.41. The van der Waals surface area contributed by atoms with Gasteiger partial charge in [-0.25, -0.2) is 9.18 Å². The van der Waals surface area contributed by atoms with E-state index in [1.54, 1.807) is 0 Å². The van der Waals surface area contributed by atoms with Gasteiger partial charge in [-0.05, 0) is 19.8 Å². The van der Waals surface area contributed by atoms with E-state index in [4.69, 9.17) is 14.2 Å². The summed E-state index contributed by atoms with van der Waals surface area (Å²) in [5, 5.41) is 0. The van der Waals surface area contributed by atoms with Crippen molar-refractivity contribution in [2.75, 3.05) is 19.8 Å². The molecule has 2 fully saturated rings. The van der Waals surface area contributed by atoms with E-state index >= 15 is 0 Å². The zero-order valence-corrected chi connectivity index (χ0v) is 10.8. The SMILES string of the molecule is C[C@]1(F)C(=O)O[C@@H]2COCCCCCCCO[C@H]21. The first-order chi connectivity index (χ1) is 8.62. The zero-order valence-electron chi connectivity index (χ0n) is 10.8. The number of ether oxygens (including phenoxy) is 3. The van der Waals surface area contributed by atoms with Gasteiger partial charge in [0.1, 0.15) is 6.10 Å². The maximum absolute atomic E-state index is 14.2. The Kier molecular flexibility index (Phi) is 4.56. The van der Waals surface area contributed by atoms with E-state index in [0.29, 0.717) is 13.2 Å². The summed E-state index contributed by atoms with van der Waals surface area (Å²) in [5.41, 5.74) is -2.06. The van der Waals surface area contributed by atoms with E-state index < -0.39 is 23.8 Å². The fraction of sp³-hybridized carbons (Fsp3) is 0.923. The number of carbonyl (C=O) groups is 1. The maximum atomic E-state index is 14.2. The second-order valence-electron chi connectivity index (χ2n) is 5.15. The van der Waals surface area contributed by atoms with E-state index in [1.807, 2.05) is 0 Å². The van der Waals surface area contributed by atoms with Crippen LogP contribution < -0.4 is 0 Å². The van der Waals surface area contributed by atoms with Crippen molar-refractivity contribution in [3.05, 3.63) is 0 Å². The van der Waals surface area contributed by atoms with Gasteiger partial charge in [0.05, 0.1) is 6.61 Å². The largest absolute Gasteiger partial charge is 0.455 e. The minimum atomic E-state index is -2.06. The molecule has 3 atom stereocenters. The molecule has 0 amide bonds. The smallest absolute Gasteiger partial charge is 0.346 e. The molecule has 0 aromatic heterocycles. The van der Waals surface area contributed by atoms with Crippen LogP contribution in [0.5, 0.6) is 0 Å². The molecule has 0 aliphatic carbocycles. The summed E-state index contributed by atoms with van der Waals surface area (Å²) in [5.74, 6) is -0.837. The molecule has 0 radical (unpaired) electrons. The van der Waals surface area contributed by atoms with Gasteiger partial charge >= 0.3 is 5.97 Å². The average molecular weight is 260 g/mol. The molecular formula is C13H21FO4. The molecule has 0 bridgehead atoms. The van der Waals surface area contributed by atoms with Crippen molar-refractivity contribution in [2.45, 2.75) is 56.9 Å². The van der Waals surface area contributed by atoms with Crippen molar-refractivity contribution in [1.29, 1.82) is 0 Å². The number of carbonyl (C=O) groups excluding carboxylic acids is 1. The summed E-state index contributed by atoms with van der Waals surface area (Å²) in [6.07, 6.45) is 3.77. The number of esters is 1. The van der Waals surface area contributed by atoms with Crippen LogP contribution in [-0.4, -0.2) is 43.7 Å². The Hall–Kier alpha value is -0.680. The monoisotopic (exact) mass is 260 g/mol. The molecule has 0 aromatic rings. The van der Waals surface area contributed by atoms with Crippen molar-refractivity contribution in [2.24, 2.45) is 0 Å². The zero-order chi connectivity index (χ0) is 13.0. The molecule has 2 heterocycles. The van der Waals surface area contributed by atoms with E-state index in [0.717, 1.165) is 32.1 Å². The van der Waals surface area contributed by atoms with Crippen LogP contribution in [0.3, 0.4) is 0 Å². The van der Waals surface area contributed by atoms with E-state index in [2.05, 4.69) is 0 Å². The first kappa shape index (κ1) is 13.7. The summed E-state index contributed by atoms with van der Waals surface area (Å²) in [7, 11) is 0. The highest BCUT2D eigenvalue weighted by molar-refractivity contribution is 5.82. The van der Waals surface area contributed by atoms with Gasteiger partial charge < -0.3 is 14.2 Å². The summed E-state index contributed by atoms with van der Waals surface area (Å²) in [6.45, 7) is 2.54. The molecule has 0 aromatic carbocycles. The predicted molar refractivity (Wildman–Crippen MR) is 63.0 cm³/mol. The summed E-state index contributed by atoms with van der Waals surface area (Å²) in [6, 6.07) is 0. The van der Waals surface area contributed by atoms with Crippen molar-refractivity contribution < 1.29 is 23.4 Å². The molecule has 2 aliphatic rings. The number of fused-ring (bicyclic) bond motifs is 1. The molecule has 0 unspecified atom stereocenters. The van der Waals surface area contributed by atoms with Gasteiger partial charge in [-0.3, -0.25) is 0 Å². The van der Waals surface area contributed by atoms with Crippen LogP contribution in [0.2, 0.25) is 0 Å². The van der Waals surface area contributed by atoms with Crippen molar-refractivity contribution >= 4 is 5.97 Å². The van der Waals surface area contributed by atoms with Gasteiger partial charge in [-0.15, -0.1) is 0 Å². The molecule has 0 spiro atoms. The van der Waals surface area contributed by atoms with E-state index in [-0.39, 0.29) is 6.61 Å². The molecule has 4 nitrogen and oxygen atoms in total. The fourth-order valence-electron chi connectivity index (χ4n) is 2.41. The molecular weight excluding hydrogens is 239 g/mol. The molecule has 104 valence electrons. The third-order valence-electron chi connectivity index (χ3n) is 3.54. The van der Waals surface area contributed by atoms with E-state index in [1.165, 1.54) is 6.92 Å². The minimum Gasteiger partial charge on any atom is -0.455 e. The van der Waals surface area contributed by atoms with Gasteiger partial charge in [0, 0.05) is 13.2 Å². The van der Waals surface area contributed by atoms with Crippen molar-refractivity contribution in [1.82, 2.24) is 0 Å². The Morgan fingerprint density at radius 2 is 1.83 bits per heavy atom. The first-order valence-electron chi connectivity index (χ1n) is 6.71. The lowest BCUT2D eigenvalue weighted by Crippen LogP contribution is -2.43. The van der Waals surface area contributed by atoms with Gasteiger partial charge in [-0.2, -0.15) is 0 Å². The summed E-state index contributed by atoms with van der Waals surface area (Å²) >= 11 is 0. The highest BCUT2D eigenvalue weighted by Gasteiger charge is 2.56. The molecule has 5 heteroatoms. The Balaban J connectivity index is 1.99. The Labute approximate surface area is 107 Å². The van der Waals surface area contributed by atoms with Crippen molar-refractivity contribution in [3.8, 4) is 0 Å². The Morgan fingerprint density at radius 3 is 2.61 bits per heavy atom. The van der Waals surface area contributed by atoms with Gasteiger partial charge in [0.25, 0.3) is 0 Å². The molecule has 2 saturated heterocycles. The number of hydrogen-bond acceptors (Lipinski definition) is 4. The van der Waals surface area contributed by atoms with Crippen molar-refractivity contribution in [3.63, 3.8) is 0 Å². The maximum Gasteiger partial charge on any atom is 0.346 e. The van der Waals surface area contributed by atoms with Gasteiger partial charge in [-0.1, -0.05) is 19.3 Å². The van der Waals surface area contributed by atoms with Gasteiger partial charge in [0.2, 0.25) is 5.67 Å². The third-order valence-corrected chi connectivity index (χ3v) is 3.54. The number of rotatable bonds is 0. The lowest BCUT2D eigenvalue weighted by atomic mass is 10.00. The number of halogens is 1. The van der Waals surface area contributed by atoms with Crippen LogP contribution in [0.25, 0.3) is 0 Å². The topological polar surface area (TPSA) is 44.8 Å². The van der Waals surface area contributed by atoms with Crippen LogP contribution in [0.1, 0.15) is 39.0 Å². The quantitative estimate of drug-likeness (QED) is 0.625. The second-order valence-corrected chi connectivity index (χ2v) is 5.15. The second kappa shape index (κ2) is 5.97. The third kappa shape index (κ3) is 3.01. The number of alkyl halides is 1. The van der Waals surface area contributed by atoms with Crippen LogP contribution in [0.15, 0.2) is 0 Å². The lowest BCUT2D eigenvalue weighted by molar-refractivity contribution is -0.150. The Bertz CT molecular complexity index is 293. The number of hydrogen-bond donors (Lipinski definition) is 0. The summed E-state index contributed by atoms with van der Waals surface area (Å²) in [4.78, 5) is 11.5. The normalized spacial score (nSPS) is 39.3. The van der Waals surface area contributed by atoms with Gasteiger partial charge in [0.15, 0.2) is 6.10 Å². The minimum absolute atomic E-state index is 0.218. The molecule has 0 N–H and O–H groups in total. The standard InChI is InChI=1S/C13H21FO4/c1-13(14)11-10(18-12(13)15)9-16-7-5-3-2-4-6-8-17-11/h10-11H,2-9H2,1H3/t10-,11-,13-/m1/s1. The van der Waals surface area contributed by atoms with Crippen LogP contribution in [0.4, 0.5) is 4.39 Å². The predicted octanol–water partition coefficient (Wildman–Crippen LogP) is 2.01. The molecule has 18 heavy (non-hydrogen) atoms. The molecule has 2 rings (SSSR count). The first-order valence-corrected chi connectivity index (χ1v) is 6.71. The van der Waals surface area contributed by atoms with E-state index in [9.17, 15) is 9.18 Å². The molecule has 2 aliphatic heterocycles. The summed E-state index contributed by atoms with van der Waals surface area (Å²) < 4.78 is 30.2. The van der Waals surface area contributed by atoms with Crippen LogP contribution >= 0.6 is 0 Å². The average Bonchev–Trinajstić information content (AvgIpc) is 2.51. The highest BCUT2D eigenvalue weighted by atomic mass is 19.1. The van der Waals surface area contributed by atoms with Crippen LogP contribution in [-0.2, 0) is 19.0 Å². The van der Waals surface area contributed by atoms with Crippen LogP contribution in [0, 0.1) is 0 Å². The highest BCUT2D eigenvalue weighted by Crippen LogP contribution is 2.32.